The molecule has 2 aromatic carbocycles. The van der Waals surface area contributed by atoms with Crippen LogP contribution in [0.1, 0.15) is 22.3 Å². The number of carbonyl (C=O) groups excluding carboxylic acids is 1. The van der Waals surface area contributed by atoms with E-state index in [9.17, 15) is 14.4 Å². The molecular formula is C22H14ClNO5. The monoisotopic (exact) mass is 407 g/mol. The number of pyridine rings is 1. The number of fused-ring (bicyclic) bond motifs is 2. The number of aryl methyl sites for hydroxylation is 2. The molecule has 0 unspecified atom stereocenters. The van der Waals surface area contributed by atoms with E-state index < -0.39 is 11.6 Å². The van der Waals surface area contributed by atoms with Crippen LogP contribution in [0, 0.1) is 0 Å². The minimum absolute atomic E-state index is 0.0819. The Morgan fingerprint density at radius 3 is 2.69 bits per heavy atom. The number of esters is 1. The molecule has 0 spiro atoms. The van der Waals surface area contributed by atoms with Crippen molar-refractivity contribution >= 4 is 39.4 Å². The Morgan fingerprint density at radius 2 is 1.90 bits per heavy atom. The fourth-order valence-corrected chi connectivity index (χ4v) is 3.99. The van der Waals surface area contributed by atoms with Gasteiger partial charge in [0.1, 0.15) is 5.39 Å². The second kappa shape index (κ2) is 6.60. The van der Waals surface area contributed by atoms with Crippen molar-refractivity contribution in [2.75, 3.05) is 0 Å². The molecule has 0 bridgehead atoms. The summed E-state index contributed by atoms with van der Waals surface area (Å²) < 4.78 is 12.5. The van der Waals surface area contributed by atoms with Crippen LogP contribution in [0.4, 0.5) is 0 Å². The summed E-state index contributed by atoms with van der Waals surface area (Å²) in [6.07, 6.45) is 1.67. The minimum atomic E-state index is -0.697. The molecule has 0 saturated heterocycles. The summed E-state index contributed by atoms with van der Waals surface area (Å²) in [4.78, 5) is 38.0. The van der Waals surface area contributed by atoms with Gasteiger partial charge in [-0.05, 0) is 48.7 Å². The predicted molar refractivity (Wildman–Crippen MR) is 109 cm³/mol. The van der Waals surface area contributed by atoms with Crippen molar-refractivity contribution in [3.05, 3.63) is 85.5 Å². The van der Waals surface area contributed by atoms with Crippen molar-refractivity contribution in [3.8, 4) is 5.75 Å². The SMILES string of the molecule is O=C(Oc1cc(=O)oc2c1c(=O)n1c3c(cccc23)CCC1)c1ccc(Cl)cc1. The lowest BCUT2D eigenvalue weighted by Crippen LogP contribution is -2.26. The molecule has 4 aromatic rings. The van der Waals surface area contributed by atoms with Gasteiger partial charge in [0.25, 0.3) is 5.56 Å². The quantitative estimate of drug-likeness (QED) is 0.371. The Balaban J connectivity index is 1.77. The maximum absolute atomic E-state index is 13.2. The Labute approximate surface area is 168 Å². The lowest BCUT2D eigenvalue weighted by atomic mass is 10.00. The van der Waals surface area contributed by atoms with Crippen LogP contribution >= 0.6 is 11.6 Å². The average molecular weight is 408 g/mol. The van der Waals surface area contributed by atoms with Gasteiger partial charge in [-0.15, -0.1) is 0 Å². The van der Waals surface area contributed by atoms with Gasteiger partial charge in [0.2, 0.25) is 0 Å². The number of aromatic nitrogens is 1. The van der Waals surface area contributed by atoms with Gasteiger partial charge in [-0.2, -0.15) is 0 Å². The third-order valence-corrected chi connectivity index (χ3v) is 5.38. The van der Waals surface area contributed by atoms with E-state index in [0.717, 1.165) is 30.0 Å². The molecule has 0 atom stereocenters. The van der Waals surface area contributed by atoms with Crippen LogP contribution in [0.15, 0.2) is 62.5 Å². The van der Waals surface area contributed by atoms with E-state index in [2.05, 4.69) is 0 Å². The van der Waals surface area contributed by atoms with Gasteiger partial charge < -0.3 is 13.7 Å². The number of nitrogens with zero attached hydrogens (tertiary/aromatic N) is 1. The van der Waals surface area contributed by atoms with E-state index in [0.29, 0.717) is 17.0 Å². The van der Waals surface area contributed by atoms with Crippen molar-refractivity contribution in [1.29, 1.82) is 0 Å². The van der Waals surface area contributed by atoms with Crippen LogP contribution in [0.2, 0.25) is 5.02 Å². The van der Waals surface area contributed by atoms with Crippen LogP contribution in [0.3, 0.4) is 0 Å². The molecule has 1 aliphatic rings. The van der Waals surface area contributed by atoms with Crippen molar-refractivity contribution in [2.24, 2.45) is 0 Å². The first-order valence-electron chi connectivity index (χ1n) is 9.13. The average Bonchev–Trinajstić information content (AvgIpc) is 2.72. The number of halogens is 1. The number of hydrogen-bond donors (Lipinski definition) is 0. The van der Waals surface area contributed by atoms with Crippen molar-refractivity contribution in [1.82, 2.24) is 4.57 Å². The standard InChI is InChI=1S/C22H14ClNO5/c23-14-8-6-13(7-9-14)22(27)28-16-11-17(25)29-20-15-5-1-3-12-4-2-10-24(19(12)15)21(26)18(16)20/h1,3,5-9,11H,2,4,10H2. The molecule has 3 heterocycles. The molecule has 29 heavy (non-hydrogen) atoms. The molecule has 0 amide bonds. The highest BCUT2D eigenvalue weighted by atomic mass is 35.5. The fraction of sp³-hybridized carbons (Fsp3) is 0.136. The highest BCUT2D eigenvalue weighted by Crippen LogP contribution is 2.32. The van der Waals surface area contributed by atoms with Gasteiger partial charge in [0.15, 0.2) is 11.3 Å². The summed E-state index contributed by atoms with van der Waals surface area (Å²) in [6, 6.07) is 12.8. The third kappa shape index (κ3) is 2.84. The molecule has 0 radical (unpaired) electrons. The van der Waals surface area contributed by atoms with E-state index in [1.165, 1.54) is 12.1 Å². The van der Waals surface area contributed by atoms with Crippen LogP contribution < -0.4 is 15.9 Å². The van der Waals surface area contributed by atoms with Gasteiger partial charge in [0.05, 0.1) is 17.1 Å². The van der Waals surface area contributed by atoms with Gasteiger partial charge in [-0.25, -0.2) is 9.59 Å². The van der Waals surface area contributed by atoms with Crippen molar-refractivity contribution in [2.45, 2.75) is 19.4 Å². The smallest absolute Gasteiger partial charge is 0.343 e. The molecule has 2 aromatic heterocycles. The highest BCUT2D eigenvalue weighted by Gasteiger charge is 2.23. The number of carbonyl (C=O) groups is 1. The summed E-state index contributed by atoms with van der Waals surface area (Å²) in [6.45, 7) is 0.548. The predicted octanol–water partition coefficient (Wildman–Crippen LogP) is 3.93. The Morgan fingerprint density at radius 1 is 1.10 bits per heavy atom. The normalized spacial score (nSPS) is 13.0. The Hall–Kier alpha value is -3.38. The van der Waals surface area contributed by atoms with Gasteiger partial charge in [-0.1, -0.05) is 23.7 Å². The number of hydrogen-bond acceptors (Lipinski definition) is 5. The van der Waals surface area contributed by atoms with Crippen LogP contribution in [0.5, 0.6) is 5.75 Å². The number of para-hydroxylation sites is 1. The lowest BCUT2D eigenvalue weighted by Gasteiger charge is -2.20. The number of ether oxygens (including phenoxy) is 1. The Kier molecular flexibility index (Phi) is 4.03. The zero-order chi connectivity index (χ0) is 20.1. The Bertz CT molecular complexity index is 1420. The molecule has 7 heteroatoms. The maximum Gasteiger partial charge on any atom is 0.343 e. The summed E-state index contributed by atoms with van der Waals surface area (Å²) in [5, 5.41) is 1.21. The zero-order valence-corrected chi connectivity index (χ0v) is 15.9. The lowest BCUT2D eigenvalue weighted by molar-refractivity contribution is 0.0736. The largest absolute Gasteiger partial charge is 0.422 e. The first kappa shape index (κ1) is 17.7. The van der Waals surface area contributed by atoms with Crippen molar-refractivity contribution < 1.29 is 13.9 Å². The first-order chi connectivity index (χ1) is 14.0. The molecular weight excluding hydrogens is 394 g/mol. The van der Waals surface area contributed by atoms with Gasteiger partial charge >= 0.3 is 11.6 Å². The molecule has 1 aliphatic heterocycles. The summed E-state index contributed by atoms with van der Waals surface area (Å²) in [5.74, 6) is -0.803. The molecule has 0 N–H and O–H groups in total. The molecule has 0 aliphatic carbocycles. The van der Waals surface area contributed by atoms with Crippen LogP contribution in [0.25, 0.3) is 21.9 Å². The van der Waals surface area contributed by atoms with Crippen LogP contribution in [-0.2, 0) is 13.0 Å². The van der Waals surface area contributed by atoms with E-state index in [1.807, 2.05) is 12.1 Å². The first-order valence-corrected chi connectivity index (χ1v) is 9.51. The number of benzene rings is 2. The van der Waals surface area contributed by atoms with E-state index in [1.54, 1.807) is 22.8 Å². The highest BCUT2D eigenvalue weighted by molar-refractivity contribution is 6.30. The molecule has 6 nitrogen and oxygen atoms in total. The second-order valence-electron chi connectivity index (χ2n) is 6.90. The van der Waals surface area contributed by atoms with Gasteiger partial charge in [0, 0.05) is 17.0 Å². The molecule has 0 fully saturated rings. The fourth-order valence-electron chi connectivity index (χ4n) is 3.86. The summed E-state index contributed by atoms with van der Waals surface area (Å²) >= 11 is 5.85. The topological polar surface area (TPSA) is 78.5 Å². The van der Waals surface area contributed by atoms with E-state index in [4.69, 9.17) is 20.8 Å². The summed E-state index contributed by atoms with van der Waals surface area (Å²) in [5.41, 5.74) is 1.14. The molecule has 5 rings (SSSR count). The number of rotatable bonds is 2. The van der Waals surface area contributed by atoms with E-state index >= 15 is 0 Å². The second-order valence-corrected chi connectivity index (χ2v) is 7.34. The molecule has 144 valence electrons. The third-order valence-electron chi connectivity index (χ3n) is 5.13. The maximum atomic E-state index is 13.2. The minimum Gasteiger partial charge on any atom is -0.422 e. The van der Waals surface area contributed by atoms with Crippen LogP contribution in [-0.4, -0.2) is 10.5 Å². The van der Waals surface area contributed by atoms with Gasteiger partial charge in [-0.3, -0.25) is 4.79 Å². The van der Waals surface area contributed by atoms with E-state index in [-0.39, 0.29) is 27.8 Å². The zero-order valence-electron chi connectivity index (χ0n) is 15.1. The summed E-state index contributed by atoms with van der Waals surface area (Å²) in [7, 11) is 0. The van der Waals surface area contributed by atoms with Crippen molar-refractivity contribution in [3.63, 3.8) is 0 Å². The molecule has 0 saturated carbocycles.